The van der Waals surface area contributed by atoms with E-state index in [0.717, 1.165) is 3.57 Å². The largest absolute Gasteiger partial charge is 0.480 e. The normalized spacial score (nSPS) is 10.4. The molecule has 0 aromatic carbocycles. The molecule has 1 rings (SSSR count). The van der Waals surface area contributed by atoms with Crippen LogP contribution < -0.4 is 4.74 Å². The molecule has 1 heterocycles. The summed E-state index contributed by atoms with van der Waals surface area (Å²) >= 11 is 1.97. The Morgan fingerprint density at radius 2 is 2.17 bits per heavy atom. The van der Waals surface area contributed by atoms with Crippen molar-refractivity contribution in [2.24, 2.45) is 0 Å². The Morgan fingerprint density at radius 3 is 2.67 bits per heavy atom. The highest BCUT2D eigenvalue weighted by molar-refractivity contribution is 14.1. The van der Waals surface area contributed by atoms with Gasteiger partial charge in [-0.25, -0.2) is 13.8 Å². The van der Waals surface area contributed by atoms with Crippen molar-refractivity contribution >= 4 is 22.6 Å². The van der Waals surface area contributed by atoms with Crippen LogP contribution in [-0.2, 0) is 0 Å². The van der Waals surface area contributed by atoms with Gasteiger partial charge in [0.2, 0.25) is 5.88 Å². The van der Waals surface area contributed by atoms with Gasteiger partial charge in [-0.3, -0.25) is 0 Å². The van der Waals surface area contributed by atoms with E-state index in [1.807, 2.05) is 22.6 Å². The van der Waals surface area contributed by atoms with Crippen LogP contribution in [0.1, 0.15) is 12.1 Å². The molecule has 0 aliphatic rings. The summed E-state index contributed by atoms with van der Waals surface area (Å²) in [4.78, 5) is 3.61. The fourth-order valence-electron chi connectivity index (χ4n) is 0.702. The van der Waals surface area contributed by atoms with Gasteiger partial charge in [0.15, 0.2) is 0 Å². The highest BCUT2D eigenvalue weighted by Gasteiger charge is 2.11. The van der Waals surface area contributed by atoms with Gasteiger partial charge in [-0.1, -0.05) is 0 Å². The first-order valence-electron chi connectivity index (χ1n) is 3.13. The zero-order valence-electron chi connectivity index (χ0n) is 6.22. The van der Waals surface area contributed by atoms with E-state index in [1.54, 1.807) is 6.07 Å². The van der Waals surface area contributed by atoms with Gasteiger partial charge in [-0.15, -0.1) is 0 Å². The van der Waals surface area contributed by atoms with E-state index < -0.39 is 6.43 Å². The van der Waals surface area contributed by atoms with Crippen molar-refractivity contribution in [3.05, 3.63) is 21.4 Å². The fraction of sp³-hybridized carbons (Fsp3) is 0.286. The maximum absolute atomic E-state index is 12.1. The Bertz CT molecular complexity index is 280. The molecule has 0 N–H and O–H groups in total. The second-order valence-electron chi connectivity index (χ2n) is 2.03. The smallest absolute Gasteiger partial charge is 0.280 e. The van der Waals surface area contributed by atoms with Crippen molar-refractivity contribution in [3.8, 4) is 5.88 Å². The summed E-state index contributed by atoms with van der Waals surface area (Å²) in [6.45, 7) is 0. The Morgan fingerprint density at radius 1 is 1.50 bits per heavy atom. The van der Waals surface area contributed by atoms with E-state index >= 15 is 0 Å². The first-order chi connectivity index (χ1) is 5.65. The Hall–Kier alpha value is -0.460. The second-order valence-corrected chi connectivity index (χ2v) is 3.19. The van der Waals surface area contributed by atoms with Gasteiger partial charge in [0.25, 0.3) is 6.43 Å². The molecule has 1 aromatic heterocycles. The number of hydrogen-bond donors (Lipinski definition) is 0. The molecule has 12 heavy (non-hydrogen) atoms. The monoisotopic (exact) mass is 285 g/mol. The van der Waals surface area contributed by atoms with Crippen molar-refractivity contribution in [2.75, 3.05) is 7.11 Å². The molecule has 0 radical (unpaired) electrons. The van der Waals surface area contributed by atoms with Gasteiger partial charge >= 0.3 is 0 Å². The summed E-state index contributed by atoms with van der Waals surface area (Å²) in [7, 11) is 1.40. The molecule has 0 unspecified atom stereocenters. The van der Waals surface area contributed by atoms with Gasteiger partial charge in [-0.2, -0.15) is 0 Å². The number of hydrogen-bond acceptors (Lipinski definition) is 2. The van der Waals surface area contributed by atoms with Crippen LogP contribution in [0.5, 0.6) is 5.88 Å². The van der Waals surface area contributed by atoms with Crippen molar-refractivity contribution in [2.45, 2.75) is 6.43 Å². The van der Waals surface area contributed by atoms with Crippen molar-refractivity contribution in [3.63, 3.8) is 0 Å². The number of nitrogens with zero attached hydrogens (tertiary/aromatic N) is 1. The Kier molecular flexibility index (Phi) is 3.19. The van der Waals surface area contributed by atoms with Crippen molar-refractivity contribution in [1.29, 1.82) is 0 Å². The molecule has 0 bridgehead atoms. The number of ether oxygens (including phenoxy) is 1. The first kappa shape index (κ1) is 9.63. The van der Waals surface area contributed by atoms with Gasteiger partial charge in [0, 0.05) is 0 Å². The lowest BCUT2D eigenvalue weighted by atomic mass is 10.3. The summed E-state index contributed by atoms with van der Waals surface area (Å²) < 4.78 is 29.7. The third kappa shape index (κ3) is 2.02. The molecule has 2 nitrogen and oxygen atoms in total. The highest BCUT2D eigenvalue weighted by Crippen LogP contribution is 2.23. The minimum atomic E-state index is -2.55. The number of methoxy groups -OCH3 is 1. The van der Waals surface area contributed by atoms with E-state index in [4.69, 9.17) is 4.74 Å². The van der Waals surface area contributed by atoms with Crippen molar-refractivity contribution in [1.82, 2.24) is 4.98 Å². The van der Waals surface area contributed by atoms with Crippen LogP contribution in [0.25, 0.3) is 0 Å². The lowest BCUT2D eigenvalue weighted by Crippen LogP contribution is -1.96. The molecule has 1 aromatic rings. The first-order valence-corrected chi connectivity index (χ1v) is 4.21. The maximum Gasteiger partial charge on any atom is 0.280 e. The maximum atomic E-state index is 12.1. The van der Waals surface area contributed by atoms with Crippen LogP contribution in [-0.4, -0.2) is 12.1 Å². The van der Waals surface area contributed by atoms with Gasteiger partial charge in [0.1, 0.15) is 5.69 Å². The molecule has 66 valence electrons. The van der Waals surface area contributed by atoms with Crippen LogP contribution in [0.4, 0.5) is 8.78 Å². The van der Waals surface area contributed by atoms with E-state index in [9.17, 15) is 8.78 Å². The molecule has 5 heteroatoms. The molecule has 0 atom stereocenters. The molecule has 0 spiro atoms. The van der Waals surface area contributed by atoms with Crippen LogP contribution >= 0.6 is 22.6 Å². The zero-order chi connectivity index (χ0) is 9.14. The summed E-state index contributed by atoms with van der Waals surface area (Å²) in [6, 6.07) is 2.84. The third-order valence-corrected chi connectivity index (χ3v) is 2.07. The molecule has 0 amide bonds. The summed E-state index contributed by atoms with van der Waals surface area (Å²) in [6.07, 6.45) is -2.55. The molecule has 0 saturated heterocycles. The summed E-state index contributed by atoms with van der Waals surface area (Å²) in [5, 5.41) is 0. The number of alkyl halides is 2. The molecule has 0 saturated carbocycles. The molecule has 0 fully saturated rings. The fourth-order valence-corrected chi connectivity index (χ4v) is 1.22. The Balaban J connectivity index is 3.05. The van der Waals surface area contributed by atoms with E-state index in [0.29, 0.717) is 0 Å². The summed E-state index contributed by atoms with van der Waals surface area (Å²) in [5.41, 5.74) is -0.257. The predicted molar refractivity (Wildman–Crippen MR) is 48.5 cm³/mol. The lowest BCUT2D eigenvalue weighted by molar-refractivity contribution is 0.145. The SMILES string of the molecule is COc1nc(C(F)F)ccc1I. The van der Waals surface area contributed by atoms with Crippen LogP contribution in [0.15, 0.2) is 12.1 Å². The molecule has 0 aliphatic carbocycles. The number of aromatic nitrogens is 1. The van der Waals surface area contributed by atoms with Gasteiger partial charge in [0.05, 0.1) is 10.7 Å². The molecule has 0 aliphatic heterocycles. The lowest BCUT2D eigenvalue weighted by Gasteiger charge is -2.03. The average Bonchev–Trinajstić information content (AvgIpc) is 2.05. The molecular formula is C7H6F2INO. The second kappa shape index (κ2) is 3.97. The van der Waals surface area contributed by atoms with Gasteiger partial charge < -0.3 is 4.74 Å². The van der Waals surface area contributed by atoms with Crippen molar-refractivity contribution < 1.29 is 13.5 Å². The van der Waals surface area contributed by atoms with Crippen LogP contribution in [0, 0.1) is 3.57 Å². The zero-order valence-corrected chi connectivity index (χ0v) is 8.38. The van der Waals surface area contributed by atoms with E-state index in [-0.39, 0.29) is 11.6 Å². The van der Waals surface area contributed by atoms with E-state index in [2.05, 4.69) is 4.98 Å². The Labute approximate surface area is 82.1 Å². The highest BCUT2D eigenvalue weighted by atomic mass is 127. The molecular weight excluding hydrogens is 279 g/mol. The summed E-state index contributed by atoms with van der Waals surface area (Å²) in [5.74, 6) is 0.244. The third-order valence-electron chi connectivity index (χ3n) is 1.25. The standard InChI is InChI=1S/C7H6F2INO/c1-12-7-4(10)2-3-5(11-7)6(8)9/h2-3,6H,1H3. The number of halogens is 3. The van der Waals surface area contributed by atoms with Crippen LogP contribution in [0.2, 0.25) is 0 Å². The van der Waals surface area contributed by atoms with Gasteiger partial charge in [-0.05, 0) is 34.7 Å². The topological polar surface area (TPSA) is 22.1 Å². The van der Waals surface area contributed by atoms with E-state index in [1.165, 1.54) is 13.2 Å². The number of rotatable bonds is 2. The quantitative estimate of drug-likeness (QED) is 0.779. The number of pyridine rings is 1. The average molecular weight is 285 g/mol. The predicted octanol–water partition coefficient (Wildman–Crippen LogP) is 2.63. The minimum Gasteiger partial charge on any atom is -0.480 e. The van der Waals surface area contributed by atoms with Crippen LogP contribution in [0.3, 0.4) is 0 Å². The minimum absolute atomic E-state index is 0.244.